The molecule has 1 fully saturated rings. The molecular weight excluding hydrogens is 281 g/mol. The smallest absolute Gasteiger partial charge is 0.416 e. The van der Waals surface area contributed by atoms with Crippen molar-refractivity contribution < 1.29 is 17.9 Å². The highest BCUT2D eigenvalue weighted by molar-refractivity contribution is 5.37. The molecule has 118 valence electrons. The van der Waals surface area contributed by atoms with E-state index < -0.39 is 11.7 Å². The third kappa shape index (κ3) is 4.11. The second-order valence-electron chi connectivity index (χ2n) is 5.43. The summed E-state index contributed by atoms with van der Waals surface area (Å²) in [4.78, 5) is 2.29. The highest BCUT2D eigenvalue weighted by Gasteiger charge is 2.33. The molecule has 0 saturated carbocycles. The van der Waals surface area contributed by atoms with E-state index in [0.717, 1.165) is 25.5 Å². The molecule has 2 rings (SSSR count). The zero-order valence-corrected chi connectivity index (χ0v) is 12.1. The maximum absolute atomic E-state index is 12.8. The summed E-state index contributed by atoms with van der Waals surface area (Å²) in [6.07, 6.45) is -1.14. The van der Waals surface area contributed by atoms with Gasteiger partial charge in [0.15, 0.2) is 0 Å². The lowest BCUT2D eigenvalue weighted by Gasteiger charge is -2.19. The van der Waals surface area contributed by atoms with Crippen molar-refractivity contribution in [3.63, 3.8) is 0 Å². The summed E-state index contributed by atoms with van der Waals surface area (Å²) in [5.41, 5.74) is 4.78. The molecule has 1 aromatic rings. The average molecular weight is 302 g/mol. The van der Waals surface area contributed by atoms with Gasteiger partial charge < -0.3 is 15.4 Å². The summed E-state index contributed by atoms with van der Waals surface area (Å²) >= 11 is 0. The number of nitrogens with two attached hydrogens (primary N) is 1. The van der Waals surface area contributed by atoms with Crippen molar-refractivity contribution in [2.75, 3.05) is 20.2 Å². The second kappa shape index (κ2) is 6.66. The molecule has 2 N–H and O–H groups in total. The van der Waals surface area contributed by atoms with Gasteiger partial charge in [-0.15, -0.1) is 0 Å². The third-order valence-electron chi connectivity index (χ3n) is 3.99. The molecule has 1 unspecified atom stereocenters. The van der Waals surface area contributed by atoms with Gasteiger partial charge in [-0.05, 0) is 56.6 Å². The van der Waals surface area contributed by atoms with Crippen LogP contribution in [0.5, 0.6) is 5.75 Å². The number of nitrogens with zero attached hydrogens (tertiary/aromatic N) is 1. The molecule has 3 nitrogen and oxygen atoms in total. The molecule has 1 aliphatic heterocycles. The molecular formula is C15H21F3N2O. The van der Waals surface area contributed by atoms with Gasteiger partial charge in [-0.25, -0.2) is 0 Å². The Balaban J connectivity index is 1.95. The Labute approximate surface area is 122 Å². The number of likely N-dealkylation sites (tertiary alicyclic amines) is 1. The summed E-state index contributed by atoms with van der Waals surface area (Å²) in [5.74, 6) is 0.448. The van der Waals surface area contributed by atoms with E-state index in [9.17, 15) is 13.2 Å². The van der Waals surface area contributed by atoms with E-state index in [0.29, 0.717) is 18.4 Å². The Kier molecular flexibility index (Phi) is 5.11. The third-order valence-corrected chi connectivity index (χ3v) is 3.99. The van der Waals surface area contributed by atoms with E-state index in [4.69, 9.17) is 10.5 Å². The first-order valence-electron chi connectivity index (χ1n) is 7.15. The average Bonchev–Trinajstić information content (AvgIpc) is 2.83. The number of halogens is 3. The minimum absolute atomic E-state index is 0.0676. The van der Waals surface area contributed by atoms with E-state index in [1.165, 1.54) is 18.6 Å². The van der Waals surface area contributed by atoms with Crippen molar-refractivity contribution in [3.05, 3.63) is 29.3 Å². The number of alkyl halides is 3. The van der Waals surface area contributed by atoms with Crippen molar-refractivity contribution in [1.82, 2.24) is 4.90 Å². The number of ether oxygens (including phenoxy) is 1. The first-order valence-corrected chi connectivity index (χ1v) is 7.15. The molecule has 0 aromatic heterocycles. The molecule has 0 spiro atoms. The SMILES string of the molecule is CN1CCCC1CCOc1ccc(C(F)(F)F)c(CN)c1. The van der Waals surface area contributed by atoms with Crippen molar-refractivity contribution in [2.45, 2.75) is 38.0 Å². The van der Waals surface area contributed by atoms with Gasteiger partial charge in [0, 0.05) is 12.6 Å². The Hall–Kier alpha value is -1.27. The van der Waals surface area contributed by atoms with Gasteiger partial charge in [-0.2, -0.15) is 13.2 Å². The Morgan fingerprint density at radius 1 is 1.38 bits per heavy atom. The van der Waals surface area contributed by atoms with Crippen LogP contribution < -0.4 is 10.5 Å². The molecule has 0 aliphatic carbocycles. The normalized spacial score (nSPS) is 20.0. The van der Waals surface area contributed by atoms with Crippen LogP contribution in [-0.2, 0) is 12.7 Å². The van der Waals surface area contributed by atoms with Crippen LogP contribution in [0.3, 0.4) is 0 Å². The van der Waals surface area contributed by atoms with Crippen molar-refractivity contribution in [2.24, 2.45) is 5.73 Å². The fraction of sp³-hybridized carbons (Fsp3) is 0.600. The highest BCUT2D eigenvalue weighted by atomic mass is 19.4. The zero-order valence-electron chi connectivity index (χ0n) is 12.1. The van der Waals surface area contributed by atoms with E-state index in [-0.39, 0.29) is 12.1 Å². The van der Waals surface area contributed by atoms with Crippen molar-refractivity contribution in [1.29, 1.82) is 0 Å². The quantitative estimate of drug-likeness (QED) is 0.908. The predicted molar refractivity (Wildman–Crippen MR) is 75.1 cm³/mol. The highest BCUT2D eigenvalue weighted by Crippen LogP contribution is 2.33. The molecule has 21 heavy (non-hydrogen) atoms. The van der Waals surface area contributed by atoms with Crippen LogP contribution in [0.1, 0.15) is 30.4 Å². The van der Waals surface area contributed by atoms with Crippen LogP contribution in [0.15, 0.2) is 18.2 Å². The molecule has 1 aliphatic rings. The number of rotatable bonds is 5. The summed E-state index contributed by atoms with van der Waals surface area (Å²) in [6, 6.07) is 4.30. The van der Waals surface area contributed by atoms with Crippen LogP contribution >= 0.6 is 0 Å². The topological polar surface area (TPSA) is 38.5 Å². The maximum Gasteiger partial charge on any atom is 0.416 e. The van der Waals surface area contributed by atoms with Crippen molar-refractivity contribution >= 4 is 0 Å². The molecule has 1 aromatic carbocycles. The standard InChI is InChI=1S/C15H21F3N2O/c1-20-7-2-3-12(20)6-8-21-13-4-5-14(15(16,17)18)11(9-13)10-19/h4-5,9,12H,2-3,6-8,10,19H2,1H3. The molecule has 0 amide bonds. The Morgan fingerprint density at radius 2 is 2.14 bits per heavy atom. The molecule has 1 heterocycles. The van der Waals surface area contributed by atoms with E-state index >= 15 is 0 Å². The lowest BCUT2D eigenvalue weighted by Crippen LogP contribution is -2.26. The minimum atomic E-state index is -4.38. The molecule has 1 saturated heterocycles. The summed E-state index contributed by atoms with van der Waals surface area (Å²) < 4.78 is 43.9. The number of hydrogen-bond donors (Lipinski definition) is 1. The molecule has 0 radical (unpaired) electrons. The van der Waals surface area contributed by atoms with Crippen LogP contribution in [0.25, 0.3) is 0 Å². The van der Waals surface area contributed by atoms with Gasteiger partial charge in [0.25, 0.3) is 0 Å². The fourth-order valence-electron chi connectivity index (χ4n) is 2.76. The second-order valence-corrected chi connectivity index (χ2v) is 5.43. The van der Waals surface area contributed by atoms with Gasteiger partial charge in [0.2, 0.25) is 0 Å². The van der Waals surface area contributed by atoms with Crippen molar-refractivity contribution in [3.8, 4) is 5.75 Å². The van der Waals surface area contributed by atoms with Gasteiger partial charge in [0.1, 0.15) is 5.75 Å². The first-order chi connectivity index (χ1) is 9.91. The lowest BCUT2D eigenvalue weighted by molar-refractivity contribution is -0.138. The van der Waals surface area contributed by atoms with E-state index in [2.05, 4.69) is 11.9 Å². The zero-order chi connectivity index (χ0) is 15.5. The Bertz CT molecular complexity index is 476. The molecule has 0 bridgehead atoms. The maximum atomic E-state index is 12.8. The monoisotopic (exact) mass is 302 g/mol. The van der Waals surface area contributed by atoms with Crippen LogP contribution in [0.2, 0.25) is 0 Å². The molecule has 6 heteroatoms. The first kappa shape index (κ1) is 16.1. The van der Waals surface area contributed by atoms with E-state index in [1.54, 1.807) is 0 Å². The fourth-order valence-corrected chi connectivity index (χ4v) is 2.76. The number of benzene rings is 1. The number of hydrogen-bond acceptors (Lipinski definition) is 3. The van der Waals surface area contributed by atoms with Crippen LogP contribution in [-0.4, -0.2) is 31.1 Å². The summed E-state index contributed by atoms with van der Waals surface area (Å²) in [5, 5.41) is 0. The summed E-state index contributed by atoms with van der Waals surface area (Å²) in [7, 11) is 2.09. The Morgan fingerprint density at radius 3 is 2.71 bits per heavy atom. The van der Waals surface area contributed by atoms with Crippen LogP contribution in [0, 0.1) is 0 Å². The minimum Gasteiger partial charge on any atom is -0.494 e. The predicted octanol–water partition coefficient (Wildman–Crippen LogP) is 3.03. The van der Waals surface area contributed by atoms with Gasteiger partial charge in [0.05, 0.1) is 12.2 Å². The van der Waals surface area contributed by atoms with Gasteiger partial charge in [-0.1, -0.05) is 0 Å². The van der Waals surface area contributed by atoms with Gasteiger partial charge in [-0.3, -0.25) is 0 Å². The van der Waals surface area contributed by atoms with E-state index in [1.807, 2.05) is 0 Å². The summed E-state index contributed by atoms with van der Waals surface area (Å²) in [6.45, 7) is 1.45. The molecule has 1 atom stereocenters. The van der Waals surface area contributed by atoms with Gasteiger partial charge >= 0.3 is 6.18 Å². The lowest BCUT2D eigenvalue weighted by atomic mass is 10.1. The largest absolute Gasteiger partial charge is 0.494 e. The van der Waals surface area contributed by atoms with Crippen LogP contribution in [0.4, 0.5) is 13.2 Å².